The SMILES string of the molecule is CC/C=C(Br)\C=C(/COC)SC1CC(C)(O)C1. The minimum atomic E-state index is -0.452. The Kier molecular flexibility index (Phi) is 6.27. The minimum absolute atomic E-state index is 0.452. The van der Waals surface area contributed by atoms with E-state index in [0.29, 0.717) is 11.9 Å². The summed E-state index contributed by atoms with van der Waals surface area (Å²) in [6.07, 6.45) is 7.00. The van der Waals surface area contributed by atoms with Crippen molar-refractivity contribution >= 4 is 27.7 Å². The Balaban J connectivity index is 2.52. The molecule has 1 fully saturated rings. The topological polar surface area (TPSA) is 29.5 Å². The predicted octanol–water partition coefficient (Wildman–Crippen LogP) is 3.85. The van der Waals surface area contributed by atoms with Crippen molar-refractivity contribution in [1.82, 2.24) is 0 Å². The van der Waals surface area contributed by atoms with E-state index in [-0.39, 0.29) is 0 Å². The van der Waals surface area contributed by atoms with E-state index in [4.69, 9.17) is 4.74 Å². The lowest BCUT2D eigenvalue weighted by Gasteiger charge is -2.40. The molecule has 0 bridgehead atoms. The van der Waals surface area contributed by atoms with Crippen LogP contribution in [-0.2, 0) is 4.74 Å². The van der Waals surface area contributed by atoms with E-state index in [2.05, 4.69) is 35.0 Å². The maximum Gasteiger partial charge on any atom is 0.0772 e. The molecular formula is C13H21BrO2S. The second-order valence-electron chi connectivity index (χ2n) is 4.69. The van der Waals surface area contributed by atoms with Gasteiger partial charge < -0.3 is 9.84 Å². The molecule has 0 aromatic heterocycles. The van der Waals surface area contributed by atoms with Gasteiger partial charge in [0.2, 0.25) is 0 Å². The molecule has 1 N–H and O–H groups in total. The van der Waals surface area contributed by atoms with E-state index in [1.54, 1.807) is 7.11 Å². The van der Waals surface area contributed by atoms with E-state index < -0.39 is 5.60 Å². The summed E-state index contributed by atoms with van der Waals surface area (Å²) >= 11 is 5.35. The lowest BCUT2D eigenvalue weighted by molar-refractivity contribution is -0.00936. The van der Waals surface area contributed by atoms with Crippen molar-refractivity contribution < 1.29 is 9.84 Å². The zero-order chi connectivity index (χ0) is 12.9. The Hall–Kier alpha value is 0.230. The quantitative estimate of drug-likeness (QED) is 0.754. The molecule has 0 aromatic rings. The lowest BCUT2D eigenvalue weighted by atomic mass is 9.82. The molecule has 0 radical (unpaired) electrons. The third-order valence-corrected chi connectivity index (χ3v) is 4.40. The van der Waals surface area contributed by atoms with Crippen LogP contribution < -0.4 is 0 Å². The molecule has 0 unspecified atom stereocenters. The highest BCUT2D eigenvalue weighted by atomic mass is 79.9. The number of thioether (sulfide) groups is 1. The van der Waals surface area contributed by atoms with E-state index in [0.717, 1.165) is 23.7 Å². The summed E-state index contributed by atoms with van der Waals surface area (Å²) in [4.78, 5) is 1.21. The minimum Gasteiger partial charge on any atom is -0.390 e. The van der Waals surface area contributed by atoms with Crippen LogP contribution in [0.15, 0.2) is 21.5 Å². The number of methoxy groups -OCH3 is 1. The van der Waals surface area contributed by atoms with Crippen LogP contribution in [-0.4, -0.2) is 29.7 Å². The molecule has 1 aliphatic rings. The lowest BCUT2D eigenvalue weighted by Crippen LogP contribution is -2.42. The molecular weight excluding hydrogens is 300 g/mol. The molecule has 0 amide bonds. The summed E-state index contributed by atoms with van der Waals surface area (Å²) in [5, 5.41) is 10.2. The first kappa shape index (κ1) is 15.3. The van der Waals surface area contributed by atoms with Crippen LogP contribution in [0.5, 0.6) is 0 Å². The van der Waals surface area contributed by atoms with Crippen molar-refractivity contribution in [2.45, 2.75) is 44.0 Å². The molecule has 1 aliphatic carbocycles. The van der Waals surface area contributed by atoms with Crippen LogP contribution in [0.3, 0.4) is 0 Å². The van der Waals surface area contributed by atoms with Gasteiger partial charge in [-0.1, -0.05) is 28.9 Å². The average molecular weight is 321 g/mol. The van der Waals surface area contributed by atoms with Crippen molar-refractivity contribution in [1.29, 1.82) is 0 Å². The fourth-order valence-corrected chi connectivity index (χ4v) is 4.32. The van der Waals surface area contributed by atoms with Crippen molar-refractivity contribution in [3.05, 3.63) is 21.5 Å². The van der Waals surface area contributed by atoms with Crippen molar-refractivity contribution in [3.8, 4) is 0 Å². The molecule has 0 heterocycles. The summed E-state index contributed by atoms with van der Waals surface area (Å²) in [6, 6.07) is 0. The molecule has 0 atom stereocenters. The number of aliphatic hydroxyl groups is 1. The fourth-order valence-electron chi connectivity index (χ4n) is 1.88. The number of ether oxygens (including phenoxy) is 1. The molecule has 1 saturated carbocycles. The van der Waals surface area contributed by atoms with Gasteiger partial charge in [-0.05, 0) is 32.3 Å². The van der Waals surface area contributed by atoms with Gasteiger partial charge in [-0.2, -0.15) is 0 Å². The zero-order valence-electron chi connectivity index (χ0n) is 10.7. The third-order valence-electron chi connectivity index (χ3n) is 2.64. The van der Waals surface area contributed by atoms with Crippen LogP contribution in [0, 0.1) is 0 Å². The number of halogens is 1. The highest BCUT2D eigenvalue weighted by Gasteiger charge is 2.38. The van der Waals surface area contributed by atoms with E-state index >= 15 is 0 Å². The Morgan fingerprint density at radius 2 is 2.24 bits per heavy atom. The van der Waals surface area contributed by atoms with Gasteiger partial charge in [0.15, 0.2) is 0 Å². The maximum absolute atomic E-state index is 9.71. The normalized spacial score (nSPS) is 30.3. The highest BCUT2D eigenvalue weighted by molar-refractivity contribution is 9.11. The summed E-state index contributed by atoms with van der Waals surface area (Å²) in [6.45, 7) is 4.65. The first-order valence-electron chi connectivity index (χ1n) is 5.91. The summed E-state index contributed by atoms with van der Waals surface area (Å²) < 4.78 is 6.31. The van der Waals surface area contributed by atoms with Gasteiger partial charge in [-0.15, -0.1) is 11.8 Å². The Bertz CT molecular complexity index is 303. The van der Waals surface area contributed by atoms with E-state index in [9.17, 15) is 5.11 Å². The molecule has 98 valence electrons. The Labute approximate surface area is 117 Å². The number of hydrogen-bond donors (Lipinski definition) is 1. The number of rotatable bonds is 6. The van der Waals surface area contributed by atoms with Crippen molar-refractivity contribution in [2.75, 3.05) is 13.7 Å². The molecule has 0 saturated heterocycles. The predicted molar refractivity (Wildman–Crippen MR) is 78.5 cm³/mol. The smallest absolute Gasteiger partial charge is 0.0772 e. The molecule has 2 nitrogen and oxygen atoms in total. The molecule has 4 heteroatoms. The van der Waals surface area contributed by atoms with Crippen LogP contribution in [0.25, 0.3) is 0 Å². The van der Waals surface area contributed by atoms with Gasteiger partial charge in [0.1, 0.15) is 0 Å². The third kappa shape index (κ3) is 5.60. The standard InChI is InChI=1S/C13H21BrO2S/c1-4-5-10(14)6-11(9-16-3)17-12-7-13(2,15)8-12/h5-6,12,15H,4,7-9H2,1-3H3/b10-5+,11-6+. The number of allylic oxidation sites excluding steroid dienone is 3. The largest absolute Gasteiger partial charge is 0.390 e. The van der Waals surface area contributed by atoms with Gasteiger partial charge in [-0.25, -0.2) is 0 Å². The van der Waals surface area contributed by atoms with Gasteiger partial charge in [0.25, 0.3) is 0 Å². The average Bonchev–Trinajstić information content (AvgIpc) is 2.15. The fraction of sp³-hybridized carbons (Fsp3) is 0.692. The Morgan fingerprint density at radius 1 is 1.59 bits per heavy atom. The first-order valence-corrected chi connectivity index (χ1v) is 7.58. The highest BCUT2D eigenvalue weighted by Crippen LogP contribution is 2.43. The monoisotopic (exact) mass is 320 g/mol. The van der Waals surface area contributed by atoms with Gasteiger partial charge in [0, 0.05) is 21.7 Å². The van der Waals surface area contributed by atoms with Crippen molar-refractivity contribution in [3.63, 3.8) is 0 Å². The second kappa shape index (κ2) is 6.98. The molecule has 0 aliphatic heterocycles. The molecule has 0 spiro atoms. The van der Waals surface area contributed by atoms with E-state index in [1.165, 1.54) is 4.91 Å². The second-order valence-corrected chi connectivity index (χ2v) is 7.03. The van der Waals surface area contributed by atoms with Gasteiger partial charge in [0.05, 0.1) is 12.2 Å². The summed E-state index contributed by atoms with van der Waals surface area (Å²) in [5.74, 6) is 0. The van der Waals surface area contributed by atoms with Gasteiger partial charge in [-0.3, -0.25) is 0 Å². The molecule has 1 rings (SSSR count). The summed E-state index contributed by atoms with van der Waals surface area (Å²) in [5.41, 5.74) is -0.452. The summed E-state index contributed by atoms with van der Waals surface area (Å²) in [7, 11) is 1.71. The van der Waals surface area contributed by atoms with Crippen LogP contribution in [0.2, 0.25) is 0 Å². The van der Waals surface area contributed by atoms with Crippen LogP contribution >= 0.6 is 27.7 Å². The zero-order valence-corrected chi connectivity index (χ0v) is 13.1. The van der Waals surface area contributed by atoms with Crippen molar-refractivity contribution in [2.24, 2.45) is 0 Å². The maximum atomic E-state index is 9.71. The number of hydrogen-bond acceptors (Lipinski definition) is 3. The first-order chi connectivity index (χ1) is 7.96. The van der Waals surface area contributed by atoms with Crippen LogP contribution in [0.4, 0.5) is 0 Å². The van der Waals surface area contributed by atoms with Gasteiger partial charge >= 0.3 is 0 Å². The molecule has 0 aromatic carbocycles. The van der Waals surface area contributed by atoms with Crippen LogP contribution in [0.1, 0.15) is 33.1 Å². The molecule has 17 heavy (non-hydrogen) atoms. The van der Waals surface area contributed by atoms with E-state index in [1.807, 2.05) is 18.7 Å². The Morgan fingerprint density at radius 3 is 2.71 bits per heavy atom.